The van der Waals surface area contributed by atoms with Gasteiger partial charge in [0.1, 0.15) is 10.9 Å². The van der Waals surface area contributed by atoms with Crippen LogP contribution in [0, 0.1) is 0 Å². The summed E-state index contributed by atoms with van der Waals surface area (Å²) in [5.74, 6) is 0. The molecule has 1 fully saturated rings. The van der Waals surface area contributed by atoms with E-state index in [1.54, 1.807) is 6.20 Å². The lowest BCUT2D eigenvalue weighted by molar-refractivity contribution is 0.621. The van der Waals surface area contributed by atoms with Gasteiger partial charge >= 0.3 is 0 Å². The summed E-state index contributed by atoms with van der Waals surface area (Å²) in [6.07, 6.45) is 1.84. The van der Waals surface area contributed by atoms with Crippen molar-refractivity contribution in [3.8, 4) is 0 Å². The van der Waals surface area contributed by atoms with Crippen LogP contribution in [0.2, 0.25) is 0 Å². The van der Waals surface area contributed by atoms with Gasteiger partial charge in [0.15, 0.2) is 0 Å². The fourth-order valence-electron chi connectivity index (χ4n) is 1.85. The molecule has 88 valence electrons. The summed E-state index contributed by atoms with van der Waals surface area (Å²) in [7, 11) is 0. The Balaban J connectivity index is 1.88. The van der Waals surface area contributed by atoms with Gasteiger partial charge in [0, 0.05) is 18.8 Å². The second-order valence-electron chi connectivity index (χ2n) is 3.88. The van der Waals surface area contributed by atoms with Crippen molar-refractivity contribution < 1.29 is 0 Å². The minimum Gasteiger partial charge on any atom is -0.358 e. The van der Waals surface area contributed by atoms with E-state index in [4.69, 9.17) is 0 Å². The molecule has 0 unspecified atom stereocenters. The zero-order valence-corrected chi connectivity index (χ0v) is 10.7. The fourth-order valence-corrected chi connectivity index (χ4v) is 2.15. The van der Waals surface area contributed by atoms with E-state index >= 15 is 0 Å². The number of aromatic nitrogens is 2. The lowest BCUT2D eigenvalue weighted by Crippen LogP contribution is -2.38. The third kappa shape index (κ3) is 2.38. The number of hydrogen-bond donors (Lipinski definition) is 3. The molecule has 1 aliphatic rings. The average molecular weight is 294 g/mol. The summed E-state index contributed by atoms with van der Waals surface area (Å²) in [6, 6.07) is 5.96. The second-order valence-corrected chi connectivity index (χ2v) is 4.69. The van der Waals surface area contributed by atoms with E-state index < -0.39 is 0 Å². The molecule has 6 heteroatoms. The van der Waals surface area contributed by atoms with Crippen LogP contribution in [0.4, 0.5) is 5.69 Å². The van der Waals surface area contributed by atoms with Gasteiger partial charge < -0.3 is 5.32 Å². The predicted octanol–water partition coefficient (Wildman–Crippen LogP) is 1.28. The molecule has 0 spiro atoms. The van der Waals surface area contributed by atoms with E-state index in [9.17, 15) is 0 Å². The van der Waals surface area contributed by atoms with Gasteiger partial charge in [-0.05, 0) is 34.1 Å². The molecule has 17 heavy (non-hydrogen) atoms. The zero-order valence-electron chi connectivity index (χ0n) is 9.07. The normalized spacial score (nSPS) is 16.5. The Hall–Kier alpha value is -1.24. The molecule has 1 saturated heterocycles. The van der Waals surface area contributed by atoms with Crippen LogP contribution >= 0.6 is 15.9 Å². The van der Waals surface area contributed by atoms with Gasteiger partial charge in [-0.15, -0.1) is 0 Å². The van der Waals surface area contributed by atoms with Crippen molar-refractivity contribution in [1.82, 2.24) is 20.6 Å². The molecule has 3 rings (SSSR count). The maximum atomic E-state index is 4.34. The highest BCUT2D eigenvalue weighted by molar-refractivity contribution is 9.10. The standard InChI is InChI=1S/C11H12BrN5/c12-10-6-15-9-5-7(1-2-8(9)17-10)16-11-13-3-4-14-11/h1-2,5-6,11,13-14,16H,3-4H2. The predicted molar refractivity (Wildman–Crippen MR) is 70.7 cm³/mol. The van der Waals surface area contributed by atoms with Gasteiger partial charge in [-0.2, -0.15) is 0 Å². The lowest BCUT2D eigenvalue weighted by Gasteiger charge is -2.14. The van der Waals surface area contributed by atoms with E-state index in [1.165, 1.54) is 0 Å². The van der Waals surface area contributed by atoms with Gasteiger partial charge in [0.05, 0.1) is 17.2 Å². The Morgan fingerprint density at radius 2 is 2.06 bits per heavy atom. The molecule has 0 bridgehead atoms. The summed E-state index contributed by atoms with van der Waals surface area (Å²) in [6.45, 7) is 1.97. The highest BCUT2D eigenvalue weighted by Crippen LogP contribution is 2.17. The third-order valence-corrected chi connectivity index (χ3v) is 3.03. The van der Waals surface area contributed by atoms with Crippen molar-refractivity contribution in [1.29, 1.82) is 0 Å². The quantitative estimate of drug-likeness (QED) is 0.779. The van der Waals surface area contributed by atoms with Crippen molar-refractivity contribution >= 4 is 32.7 Å². The van der Waals surface area contributed by atoms with Gasteiger partial charge in [-0.1, -0.05) is 0 Å². The molecule has 1 aromatic heterocycles. The van der Waals surface area contributed by atoms with E-state index in [1.807, 2.05) is 18.2 Å². The summed E-state index contributed by atoms with van der Waals surface area (Å²) >= 11 is 3.31. The molecule has 0 radical (unpaired) electrons. The smallest absolute Gasteiger partial charge is 0.132 e. The number of halogens is 1. The number of benzene rings is 1. The summed E-state index contributed by atoms with van der Waals surface area (Å²) in [5, 5.41) is 9.94. The molecule has 0 amide bonds. The minimum atomic E-state index is 0.135. The number of fused-ring (bicyclic) bond motifs is 1. The Morgan fingerprint density at radius 1 is 1.24 bits per heavy atom. The van der Waals surface area contributed by atoms with Crippen molar-refractivity contribution in [3.05, 3.63) is 29.0 Å². The van der Waals surface area contributed by atoms with Crippen LogP contribution in [0.5, 0.6) is 0 Å². The molecular formula is C11H12BrN5. The van der Waals surface area contributed by atoms with Crippen molar-refractivity contribution in [2.75, 3.05) is 18.4 Å². The molecule has 0 aliphatic carbocycles. The first kappa shape index (κ1) is 10.9. The molecule has 2 aromatic rings. The van der Waals surface area contributed by atoms with Crippen molar-refractivity contribution in [2.45, 2.75) is 6.29 Å². The van der Waals surface area contributed by atoms with Crippen LogP contribution in [0.1, 0.15) is 0 Å². The number of anilines is 1. The van der Waals surface area contributed by atoms with Crippen LogP contribution in [-0.4, -0.2) is 29.3 Å². The van der Waals surface area contributed by atoms with Gasteiger partial charge in [-0.3, -0.25) is 15.6 Å². The third-order valence-electron chi connectivity index (χ3n) is 2.65. The number of nitrogens with one attached hydrogen (secondary N) is 3. The van der Waals surface area contributed by atoms with Gasteiger partial charge in [0.2, 0.25) is 0 Å². The maximum Gasteiger partial charge on any atom is 0.132 e. The maximum absolute atomic E-state index is 4.34. The van der Waals surface area contributed by atoms with Crippen LogP contribution in [0.25, 0.3) is 11.0 Å². The number of nitrogens with zero attached hydrogens (tertiary/aromatic N) is 2. The summed E-state index contributed by atoms with van der Waals surface area (Å²) < 4.78 is 0.754. The molecule has 1 aliphatic heterocycles. The SMILES string of the molecule is Brc1cnc2cc(NC3NCCN3)ccc2n1. The molecule has 0 saturated carbocycles. The van der Waals surface area contributed by atoms with Crippen molar-refractivity contribution in [3.63, 3.8) is 0 Å². The van der Waals surface area contributed by atoms with E-state index in [-0.39, 0.29) is 6.29 Å². The first-order chi connectivity index (χ1) is 8.31. The van der Waals surface area contributed by atoms with Gasteiger partial charge in [0.25, 0.3) is 0 Å². The molecule has 0 atom stereocenters. The molecule has 3 N–H and O–H groups in total. The number of hydrogen-bond acceptors (Lipinski definition) is 5. The Morgan fingerprint density at radius 3 is 2.88 bits per heavy atom. The van der Waals surface area contributed by atoms with Crippen LogP contribution in [0.15, 0.2) is 29.0 Å². The van der Waals surface area contributed by atoms with Gasteiger partial charge in [-0.25, -0.2) is 4.98 Å². The first-order valence-corrected chi connectivity index (χ1v) is 6.26. The molecule has 2 heterocycles. The molecular weight excluding hydrogens is 282 g/mol. The molecule has 1 aromatic carbocycles. The Kier molecular flexibility index (Phi) is 2.92. The Labute approximate surface area is 107 Å². The summed E-state index contributed by atoms with van der Waals surface area (Å²) in [4.78, 5) is 8.67. The zero-order chi connectivity index (χ0) is 11.7. The largest absolute Gasteiger partial charge is 0.358 e. The van der Waals surface area contributed by atoms with Crippen LogP contribution in [0.3, 0.4) is 0 Å². The highest BCUT2D eigenvalue weighted by Gasteiger charge is 2.12. The van der Waals surface area contributed by atoms with E-state index in [0.717, 1.165) is 34.4 Å². The topological polar surface area (TPSA) is 61.9 Å². The van der Waals surface area contributed by atoms with Crippen molar-refractivity contribution in [2.24, 2.45) is 0 Å². The summed E-state index contributed by atoms with van der Waals surface area (Å²) in [5.41, 5.74) is 2.80. The minimum absolute atomic E-state index is 0.135. The lowest BCUT2D eigenvalue weighted by atomic mass is 10.2. The highest BCUT2D eigenvalue weighted by atomic mass is 79.9. The van der Waals surface area contributed by atoms with E-state index in [2.05, 4.69) is 41.8 Å². The average Bonchev–Trinajstić information content (AvgIpc) is 2.82. The first-order valence-electron chi connectivity index (χ1n) is 5.47. The van der Waals surface area contributed by atoms with E-state index in [0.29, 0.717) is 0 Å². The number of rotatable bonds is 2. The van der Waals surface area contributed by atoms with Crippen LogP contribution in [-0.2, 0) is 0 Å². The fraction of sp³-hybridized carbons (Fsp3) is 0.273. The Bertz CT molecular complexity index is 538. The monoisotopic (exact) mass is 293 g/mol. The second kappa shape index (κ2) is 4.56. The van der Waals surface area contributed by atoms with Crippen LogP contribution < -0.4 is 16.0 Å². The molecule has 5 nitrogen and oxygen atoms in total.